The van der Waals surface area contributed by atoms with Gasteiger partial charge in [-0.25, -0.2) is 9.78 Å². The summed E-state index contributed by atoms with van der Waals surface area (Å²) in [6, 6.07) is 1.60. The molecular formula is C21H30N6O2. The largest absolute Gasteiger partial charge is 0.324 e. The van der Waals surface area contributed by atoms with Crippen molar-refractivity contribution >= 4 is 11.7 Å². The van der Waals surface area contributed by atoms with Crippen molar-refractivity contribution < 1.29 is 4.79 Å². The van der Waals surface area contributed by atoms with Gasteiger partial charge in [-0.05, 0) is 44.2 Å². The van der Waals surface area contributed by atoms with Crippen LogP contribution in [-0.2, 0) is 7.05 Å². The Kier molecular flexibility index (Phi) is 5.69. The van der Waals surface area contributed by atoms with Gasteiger partial charge in [0.2, 0.25) is 0 Å². The summed E-state index contributed by atoms with van der Waals surface area (Å²) in [4.78, 5) is 31.8. The van der Waals surface area contributed by atoms with E-state index >= 15 is 0 Å². The molecule has 2 aromatic heterocycles. The molecule has 8 heteroatoms. The molecule has 29 heavy (non-hydrogen) atoms. The number of urea groups is 1. The molecule has 0 spiro atoms. The highest BCUT2D eigenvalue weighted by molar-refractivity contribution is 5.90. The smallest absolute Gasteiger partial charge is 0.322 e. The lowest BCUT2D eigenvalue weighted by Crippen LogP contribution is -2.43. The Balaban J connectivity index is 1.43. The van der Waals surface area contributed by atoms with E-state index in [9.17, 15) is 9.59 Å². The van der Waals surface area contributed by atoms with E-state index in [-0.39, 0.29) is 17.5 Å². The molecule has 156 valence electrons. The number of pyridine rings is 1. The number of piperidine rings is 1. The molecule has 4 rings (SSSR count). The van der Waals surface area contributed by atoms with Gasteiger partial charge in [0, 0.05) is 38.2 Å². The number of H-pyrrole nitrogens is 1. The minimum absolute atomic E-state index is 0.128. The van der Waals surface area contributed by atoms with Crippen LogP contribution in [0.25, 0.3) is 0 Å². The molecule has 2 N–H and O–H groups in total. The van der Waals surface area contributed by atoms with E-state index in [1.54, 1.807) is 18.1 Å². The van der Waals surface area contributed by atoms with E-state index < -0.39 is 0 Å². The summed E-state index contributed by atoms with van der Waals surface area (Å²) in [6.07, 6.45) is 9.77. The number of aromatic amines is 1. The van der Waals surface area contributed by atoms with Gasteiger partial charge in [0.1, 0.15) is 11.5 Å². The first-order chi connectivity index (χ1) is 14.0. The van der Waals surface area contributed by atoms with Crippen LogP contribution < -0.4 is 10.9 Å². The zero-order chi connectivity index (χ0) is 20.4. The Bertz CT molecular complexity index is 927. The van der Waals surface area contributed by atoms with Gasteiger partial charge in [-0.2, -0.15) is 5.10 Å². The van der Waals surface area contributed by atoms with Crippen molar-refractivity contribution in [2.45, 2.75) is 63.7 Å². The molecule has 2 amide bonds. The molecule has 0 aromatic carbocycles. The minimum Gasteiger partial charge on any atom is -0.324 e. The summed E-state index contributed by atoms with van der Waals surface area (Å²) in [5.41, 5.74) is 0.915. The van der Waals surface area contributed by atoms with Crippen molar-refractivity contribution in [1.29, 1.82) is 0 Å². The number of aryl methyl sites for hydroxylation is 2. The quantitative estimate of drug-likeness (QED) is 0.829. The number of carbonyl (C=O) groups excluding carboxylic acids is 1. The van der Waals surface area contributed by atoms with Gasteiger partial charge in [-0.1, -0.05) is 19.3 Å². The summed E-state index contributed by atoms with van der Waals surface area (Å²) in [6.45, 7) is 3.07. The second kappa shape index (κ2) is 8.39. The summed E-state index contributed by atoms with van der Waals surface area (Å²) in [5, 5.41) is 10.5. The number of aromatic nitrogens is 4. The highest BCUT2D eigenvalue weighted by Gasteiger charge is 2.29. The molecule has 2 aromatic rings. The molecule has 2 aliphatic rings. The third kappa shape index (κ3) is 4.21. The average Bonchev–Trinajstić information content (AvgIpc) is 3.25. The van der Waals surface area contributed by atoms with Gasteiger partial charge in [-0.3, -0.25) is 9.89 Å². The first-order valence-electron chi connectivity index (χ1n) is 10.7. The van der Waals surface area contributed by atoms with Crippen molar-refractivity contribution in [2.24, 2.45) is 7.05 Å². The third-order valence-corrected chi connectivity index (χ3v) is 6.29. The predicted molar refractivity (Wildman–Crippen MR) is 111 cm³/mol. The van der Waals surface area contributed by atoms with E-state index in [1.807, 2.05) is 13.0 Å². The maximum Gasteiger partial charge on any atom is 0.322 e. The van der Waals surface area contributed by atoms with Crippen molar-refractivity contribution in [3.05, 3.63) is 39.8 Å². The van der Waals surface area contributed by atoms with Gasteiger partial charge < -0.3 is 14.8 Å². The Morgan fingerprint density at radius 2 is 1.93 bits per heavy atom. The lowest BCUT2D eigenvalue weighted by atomic mass is 9.89. The maximum atomic E-state index is 12.8. The zero-order valence-electron chi connectivity index (χ0n) is 17.3. The molecule has 1 saturated heterocycles. The van der Waals surface area contributed by atoms with Crippen LogP contribution in [0.2, 0.25) is 0 Å². The lowest BCUT2D eigenvalue weighted by Gasteiger charge is -2.31. The van der Waals surface area contributed by atoms with E-state index in [2.05, 4.69) is 15.5 Å². The van der Waals surface area contributed by atoms with Gasteiger partial charge >= 0.3 is 6.03 Å². The molecule has 1 aliphatic heterocycles. The fourth-order valence-corrected chi connectivity index (χ4v) is 4.46. The van der Waals surface area contributed by atoms with Crippen LogP contribution in [0.15, 0.2) is 17.1 Å². The van der Waals surface area contributed by atoms with Crippen molar-refractivity contribution in [3.8, 4) is 0 Å². The van der Waals surface area contributed by atoms with Crippen molar-refractivity contribution in [2.75, 3.05) is 18.4 Å². The Morgan fingerprint density at radius 3 is 2.72 bits per heavy atom. The normalized spacial score (nSPS) is 20.6. The highest BCUT2D eigenvalue weighted by atomic mass is 16.2. The fraction of sp³-hybridized carbons (Fsp3) is 0.619. The molecule has 1 atom stereocenters. The zero-order valence-corrected chi connectivity index (χ0v) is 17.3. The van der Waals surface area contributed by atoms with Gasteiger partial charge in [-0.15, -0.1) is 0 Å². The number of hydrogen-bond donors (Lipinski definition) is 2. The number of nitrogens with zero attached hydrogens (tertiary/aromatic N) is 4. The van der Waals surface area contributed by atoms with Gasteiger partial charge in [0.25, 0.3) is 5.56 Å². The lowest BCUT2D eigenvalue weighted by molar-refractivity contribution is 0.191. The summed E-state index contributed by atoms with van der Waals surface area (Å²) in [7, 11) is 1.68. The number of hydrogen-bond acceptors (Lipinski definition) is 4. The van der Waals surface area contributed by atoms with Crippen molar-refractivity contribution in [1.82, 2.24) is 24.6 Å². The Hall–Kier alpha value is -2.64. The van der Waals surface area contributed by atoms with Crippen LogP contribution in [0.1, 0.15) is 74.0 Å². The molecule has 0 radical (unpaired) electrons. The Morgan fingerprint density at radius 1 is 1.17 bits per heavy atom. The number of likely N-dealkylation sites (tertiary alicyclic amines) is 1. The van der Waals surface area contributed by atoms with E-state index in [0.717, 1.165) is 30.1 Å². The van der Waals surface area contributed by atoms with Gasteiger partial charge in [0.05, 0.1) is 0 Å². The van der Waals surface area contributed by atoms with Crippen LogP contribution in [0, 0.1) is 6.92 Å². The molecule has 1 saturated carbocycles. The first-order valence-corrected chi connectivity index (χ1v) is 10.7. The van der Waals surface area contributed by atoms with E-state index in [0.29, 0.717) is 24.7 Å². The van der Waals surface area contributed by atoms with Crippen LogP contribution in [0.3, 0.4) is 0 Å². The number of amides is 2. The number of rotatable bonds is 3. The third-order valence-electron chi connectivity index (χ3n) is 6.29. The summed E-state index contributed by atoms with van der Waals surface area (Å²) >= 11 is 0. The topological polar surface area (TPSA) is 95.9 Å². The molecule has 3 heterocycles. The monoisotopic (exact) mass is 398 g/mol. The predicted octanol–water partition coefficient (Wildman–Crippen LogP) is 3.27. The number of anilines is 1. The molecule has 0 bridgehead atoms. The minimum atomic E-state index is -0.232. The maximum absolute atomic E-state index is 12.8. The molecule has 8 nitrogen and oxygen atoms in total. The van der Waals surface area contributed by atoms with Crippen LogP contribution in [0.5, 0.6) is 0 Å². The van der Waals surface area contributed by atoms with Crippen LogP contribution in [-0.4, -0.2) is 43.8 Å². The van der Waals surface area contributed by atoms with Gasteiger partial charge in [0.15, 0.2) is 5.82 Å². The SMILES string of the molecule is Cc1ccn(C)c(=O)c1NC(=O)N1CCC[C@@H](c2n[nH]c(C3CCCCC3)n2)C1. The number of nitrogens with one attached hydrogen (secondary N) is 2. The second-order valence-electron chi connectivity index (χ2n) is 8.42. The highest BCUT2D eigenvalue weighted by Crippen LogP contribution is 2.32. The first kappa shape index (κ1) is 19.7. The molecule has 0 unspecified atom stereocenters. The molecule has 1 aliphatic carbocycles. The standard InChI is InChI=1S/C21H30N6O2/c1-14-10-12-26(2)20(28)17(14)22-21(29)27-11-6-9-16(13-27)19-23-18(24-25-19)15-7-4-3-5-8-15/h10,12,15-16H,3-9,11,13H2,1-2H3,(H,22,29)(H,23,24,25)/t16-/m1/s1. The second-order valence-corrected chi connectivity index (χ2v) is 8.42. The average molecular weight is 399 g/mol. The van der Waals surface area contributed by atoms with Crippen LogP contribution >= 0.6 is 0 Å². The molecular weight excluding hydrogens is 368 g/mol. The fourth-order valence-electron chi connectivity index (χ4n) is 4.46. The van der Waals surface area contributed by atoms with E-state index in [4.69, 9.17) is 4.98 Å². The Labute approximate surface area is 170 Å². The summed E-state index contributed by atoms with van der Waals surface area (Å²) < 4.78 is 1.47. The van der Waals surface area contributed by atoms with Crippen molar-refractivity contribution in [3.63, 3.8) is 0 Å². The van der Waals surface area contributed by atoms with Crippen LogP contribution in [0.4, 0.5) is 10.5 Å². The summed E-state index contributed by atoms with van der Waals surface area (Å²) in [5.74, 6) is 2.44. The van der Waals surface area contributed by atoms with E-state index in [1.165, 1.54) is 36.7 Å². The number of carbonyl (C=O) groups is 1. The molecule has 2 fully saturated rings.